The lowest BCUT2D eigenvalue weighted by Crippen LogP contribution is -2.32. The van der Waals surface area contributed by atoms with Crippen molar-refractivity contribution >= 4 is 18.2 Å². The zero-order valence-electron chi connectivity index (χ0n) is 10.6. The van der Waals surface area contributed by atoms with Gasteiger partial charge in [-0.05, 0) is 46.8 Å². The number of aromatic nitrogens is 2. The fourth-order valence-electron chi connectivity index (χ4n) is 2.38. The number of hydrogen-bond donors (Lipinski definition) is 0. The van der Waals surface area contributed by atoms with Gasteiger partial charge in [0, 0.05) is 5.69 Å². The lowest BCUT2D eigenvalue weighted by Gasteiger charge is -2.29. The normalized spacial score (nSPS) is 17.8. The first-order valence-electron chi connectivity index (χ1n) is 5.83. The predicted octanol–water partition coefficient (Wildman–Crippen LogP) is 2.08. The number of hydrogen-bond acceptors (Lipinski definition) is 3. The smallest absolute Gasteiger partial charge is 0.163 e. The number of Topliss-reactive ketones (excluding diaryl/α,β-unsaturated/α-hetero) is 1. The zero-order chi connectivity index (χ0) is 11.7. The third kappa shape index (κ3) is 2.87. The van der Waals surface area contributed by atoms with Gasteiger partial charge in [-0.3, -0.25) is 9.48 Å². The quantitative estimate of drug-likeness (QED) is 0.762. The highest BCUT2D eigenvalue weighted by atomic mass is 35.5. The summed E-state index contributed by atoms with van der Waals surface area (Å²) in [7, 11) is 2.15. The molecule has 0 spiro atoms. The summed E-state index contributed by atoms with van der Waals surface area (Å²) < 4.78 is 2.03. The van der Waals surface area contributed by atoms with E-state index in [0.29, 0.717) is 6.04 Å². The highest BCUT2D eigenvalue weighted by Gasteiger charge is 2.21. The fraction of sp³-hybridized carbons (Fsp3) is 0.667. The van der Waals surface area contributed by atoms with Gasteiger partial charge < -0.3 is 4.90 Å². The van der Waals surface area contributed by atoms with Gasteiger partial charge in [0.15, 0.2) is 5.78 Å². The predicted molar refractivity (Wildman–Crippen MR) is 70.0 cm³/mol. The van der Waals surface area contributed by atoms with E-state index in [9.17, 15) is 4.79 Å². The van der Waals surface area contributed by atoms with Crippen LogP contribution in [0.15, 0.2) is 6.20 Å². The molecule has 0 aliphatic carbocycles. The Hall–Kier alpha value is -0.870. The van der Waals surface area contributed by atoms with Crippen LogP contribution in [0.3, 0.4) is 0 Å². The molecule has 0 N–H and O–H groups in total. The Morgan fingerprint density at radius 2 is 2.00 bits per heavy atom. The summed E-state index contributed by atoms with van der Waals surface area (Å²) in [5.74, 6) is 0.108. The highest BCUT2D eigenvalue weighted by molar-refractivity contribution is 5.94. The molecular weight excluding hydrogens is 238 g/mol. The summed E-state index contributed by atoms with van der Waals surface area (Å²) in [5.41, 5.74) is 1.78. The second kappa shape index (κ2) is 5.65. The minimum Gasteiger partial charge on any atom is -0.306 e. The van der Waals surface area contributed by atoms with Gasteiger partial charge >= 0.3 is 0 Å². The minimum absolute atomic E-state index is 0. The summed E-state index contributed by atoms with van der Waals surface area (Å²) in [5, 5.41) is 4.36. The average Bonchev–Trinajstić information content (AvgIpc) is 2.61. The molecule has 0 aromatic carbocycles. The molecule has 96 valence electrons. The summed E-state index contributed by atoms with van der Waals surface area (Å²) in [6, 6.07) is 0.462. The molecule has 1 fully saturated rings. The van der Waals surface area contributed by atoms with Crippen molar-refractivity contribution < 1.29 is 4.79 Å². The molecule has 17 heavy (non-hydrogen) atoms. The van der Waals surface area contributed by atoms with Crippen LogP contribution in [0.1, 0.15) is 41.9 Å². The molecule has 0 unspecified atom stereocenters. The second-order valence-corrected chi connectivity index (χ2v) is 4.68. The van der Waals surface area contributed by atoms with Crippen LogP contribution in [-0.2, 0) is 0 Å². The van der Waals surface area contributed by atoms with E-state index in [1.807, 2.05) is 11.6 Å². The summed E-state index contributed by atoms with van der Waals surface area (Å²) in [6.45, 7) is 5.81. The van der Waals surface area contributed by atoms with Gasteiger partial charge in [-0.1, -0.05) is 0 Å². The Bertz CT molecular complexity index is 394. The molecule has 0 atom stereocenters. The first kappa shape index (κ1) is 14.2. The van der Waals surface area contributed by atoms with E-state index < -0.39 is 0 Å². The molecule has 0 radical (unpaired) electrons. The topological polar surface area (TPSA) is 38.1 Å². The average molecular weight is 258 g/mol. The molecule has 0 bridgehead atoms. The molecule has 1 aliphatic rings. The maximum Gasteiger partial charge on any atom is 0.163 e. The van der Waals surface area contributed by atoms with Gasteiger partial charge in [-0.15, -0.1) is 12.4 Å². The Balaban J connectivity index is 0.00000144. The SMILES string of the molecule is CC(=O)c1cnn(C2CCN(C)CC2)c1C.Cl. The summed E-state index contributed by atoms with van der Waals surface area (Å²) >= 11 is 0. The lowest BCUT2D eigenvalue weighted by atomic mass is 10.1. The summed E-state index contributed by atoms with van der Waals surface area (Å²) in [4.78, 5) is 13.7. The number of ketones is 1. The molecule has 0 amide bonds. The Kier molecular flexibility index (Phi) is 4.71. The van der Waals surface area contributed by atoms with Gasteiger partial charge in [0.2, 0.25) is 0 Å². The van der Waals surface area contributed by atoms with Crippen LogP contribution < -0.4 is 0 Å². The van der Waals surface area contributed by atoms with Crippen molar-refractivity contribution in [2.75, 3.05) is 20.1 Å². The Morgan fingerprint density at radius 3 is 2.47 bits per heavy atom. The molecule has 1 aromatic rings. The van der Waals surface area contributed by atoms with Gasteiger partial charge in [-0.2, -0.15) is 5.10 Å². The number of halogens is 1. The van der Waals surface area contributed by atoms with Crippen LogP contribution in [0.4, 0.5) is 0 Å². The monoisotopic (exact) mass is 257 g/mol. The van der Waals surface area contributed by atoms with Crippen LogP contribution in [0.5, 0.6) is 0 Å². The van der Waals surface area contributed by atoms with E-state index in [4.69, 9.17) is 0 Å². The van der Waals surface area contributed by atoms with Crippen molar-refractivity contribution in [1.29, 1.82) is 0 Å². The third-order valence-corrected chi connectivity index (χ3v) is 3.46. The van der Waals surface area contributed by atoms with Crippen molar-refractivity contribution in [3.63, 3.8) is 0 Å². The van der Waals surface area contributed by atoms with Gasteiger partial charge in [0.1, 0.15) is 0 Å². The molecule has 5 heteroatoms. The number of carbonyl (C=O) groups excluding carboxylic acids is 1. The zero-order valence-corrected chi connectivity index (χ0v) is 11.5. The van der Waals surface area contributed by atoms with Crippen LogP contribution in [0.2, 0.25) is 0 Å². The van der Waals surface area contributed by atoms with Crippen molar-refractivity contribution in [2.24, 2.45) is 0 Å². The first-order valence-corrected chi connectivity index (χ1v) is 5.83. The molecular formula is C12H20ClN3O. The van der Waals surface area contributed by atoms with Gasteiger partial charge in [0.25, 0.3) is 0 Å². The van der Waals surface area contributed by atoms with Crippen molar-refractivity contribution in [3.8, 4) is 0 Å². The molecule has 1 saturated heterocycles. The van der Waals surface area contributed by atoms with Crippen LogP contribution in [0.25, 0.3) is 0 Å². The van der Waals surface area contributed by atoms with Crippen molar-refractivity contribution in [1.82, 2.24) is 14.7 Å². The Morgan fingerprint density at radius 1 is 1.41 bits per heavy atom. The molecule has 0 saturated carbocycles. The van der Waals surface area contributed by atoms with E-state index in [1.54, 1.807) is 13.1 Å². The number of likely N-dealkylation sites (tertiary alicyclic amines) is 1. The standard InChI is InChI=1S/C12H19N3O.ClH/c1-9-12(10(2)16)8-13-15(9)11-4-6-14(3)7-5-11;/h8,11H,4-7H2,1-3H3;1H. The van der Waals surface area contributed by atoms with Crippen LogP contribution >= 0.6 is 12.4 Å². The lowest BCUT2D eigenvalue weighted by molar-refractivity contribution is 0.101. The van der Waals surface area contributed by atoms with Crippen molar-refractivity contribution in [3.05, 3.63) is 17.5 Å². The van der Waals surface area contributed by atoms with E-state index in [0.717, 1.165) is 37.2 Å². The molecule has 1 aliphatic heterocycles. The fourth-order valence-corrected chi connectivity index (χ4v) is 2.38. The second-order valence-electron chi connectivity index (χ2n) is 4.68. The van der Waals surface area contributed by atoms with E-state index in [1.165, 1.54) is 0 Å². The number of carbonyl (C=O) groups is 1. The van der Waals surface area contributed by atoms with Gasteiger partial charge in [-0.25, -0.2) is 0 Å². The molecule has 2 rings (SSSR count). The summed E-state index contributed by atoms with van der Waals surface area (Å²) in [6.07, 6.45) is 3.95. The van der Waals surface area contributed by atoms with Gasteiger partial charge in [0.05, 0.1) is 17.8 Å². The van der Waals surface area contributed by atoms with Crippen LogP contribution in [0, 0.1) is 6.92 Å². The minimum atomic E-state index is 0. The molecule has 4 nitrogen and oxygen atoms in total. The number of rotatable bonds is 2. The van der Waals surface area contributed by atoms with E-state index in [-0.39, 0.29) is 18.2 Å². The van der Waals surface area contributed by atoms with E-state index >= 15 is 0 Å². The number of nitrogens with zero attached hydrogens (tertiary/aromatic N) is 3. The largest absolute Gasteiger partial charge is 0.306 e. The molecule has 2 heterocycles. The Labute approximate surface area is 108 Å². The third-order valence-electron chi connectivity index (χ3n) is 3.46. The van der Waals surface area contributed by atoms with Crippen molar-refractivity contribution in [2.45, 2.75) is 32.7 Å². The van der Waals surface area contributed by atoms with Crippen LogP contribution in [-0.4, -0.2) is 40.6 Å². The maximum atomic E-state index is 11.4. The molecule has 1 aromatic heterocycles. The number of piperidine rings is 1. The highest BCUT2D eigenvalue weighted by Crippen LogP contribution is 2.23. The first-order chi connectivity index (χ1) is 7.59. The van der Waals surface area contributed by atoms with E-state index in [2.05, 4.69) is 17.0 Å². The maximum absolute atomic E-state index is 11.4.